The highest BCUT2D eigenvalue weighted by Gasteiger charge is 2.16. The van der Waals surface area contributed by atoms with E-state index in [0.29, 0.717) is 13.0 Å². The van der Waals surface area contributed by atoms with Crippen LogP contribution in [0.2, 0.25) is 0 Å². The number of aliphatic hydroxyl groups is 1. The third-order valence-corrected chi connectivity index (χ3v) is 2.45. The van der Waals surface area contributed by atoms with E-state index >= 15 is 0 Å². The van der Waals surface area contributed by atoms with Gasteiger partial charge in [-0.1, -0.05) is 0 Å². The lowest BCUT2D eigenvalue weighted by atomic mass is 10.1. The van der Waals surface area contributed by atoms with Crippen LogP contribution in [-0.2, 0) is 4.79 Å². The zero-order valence-corrected chi connectivity index (χ0v) is 10.1. The molecule has 0 radical (unpaired) electrons. The van der Waals surface area contributed by atoms with Gasteiger partial charge in [-0.15, -0.1) is 0 Å². The number of aromatic nitrogens is 2. The van der Waals surface area contributed by atoms with Crippen molar-refractivity contribution >= 4 is 11.9 Å². The van der Waals surface area contributed by atoms with E-state index in [4.69, 9.17) is 10.2 Å². The maximum Gasteiger partial charge on any atom is 0.312 e. The van der Waals surface area contributed by atoms with Crippen molar-refractivity contribution in [2.45, 2.75) is 25.7 Å². The van der Waals surface area contributed by atoms with Crippen LogP contribution in [0.3, 0.4) is 0 Å². The highest BCUT2D eigenvalue weighted by Crippen LogP contribution is 2.11. The van der Waals surface area contributed by atoms with Gasteiger partial charge in [-0.25, -0.2) is 4.98 Å². The average molecular weight is 255 g/mol. The van der Waals surface area contributed by atoms with E-state index in [1.807, 2.05) is 0 Å². The van der Waals surface area contributed by atoms with Gasteiger partial charge in [-0.3, -0.25) is 14.6 Å². The predicted molar refractivity (Wildman–Crippen MR) is 65.7 cm³/mol. The number of carboxylic acid groups (broad SMARTS) is 1. The van der Waals surface area contributed by atoms with E-state index in [1.165, 1.54) is 13.0 Å². The van der Waals surface area contributed by atoms with Crippen LogP contribution < -0.4 is 10.9 Å². The number of unbranched alkanes of at least 4 members (excludes halogenated alkanes) is 1. The minimum Gasteiger partial charge on any atom is -0.481 e. The first kappa shape index (κ1) is 14.2. The maximum atomic E-state index is 11.4. The first-order valence-corrected chi connectivity index (χ1v) is 5.73. The van der Waals surface area contributed by atoms with Crippen LogP contribution in [0.25, 0.3) is 0 Å². The van der Waals surface area contributed by atoms with Gasteiger partial charge in [0.15, 0.2) is 0 Å². The molecule has 1 atom stereocenters. The molecule has 100 valence electrons. The lowest BCUT2D eigenvalue weighted by Crippen LogP contribution is -2.18. The molecule has 0 aliphatic rings. The standard InChI is InChI=1S/C11H17N3O4/c1-7(10(17)18)8-6-9(16)14-11(13-8)12-4-2-3-5-15/h6-7,15H,2-5H2,1H3,(H,17,18)(H2,12,13,14,16). The number of aromatic amines is 1. The minimum absolute atomic E-state index is 0.113. The van der Waals surface area contributed by atoms with E-state index in [1.54, 1.807) is 0 Å². The Balaban J connectivity index is 2.75. The van der Waals surface area contributed by atoms with Gasteiger partial charge in [-0.2, -0.15) is 0 Å². The summed E-state index contributed by atoms with van der Waals surface area (Å²) in [6.07, 6.45) is 1.39. The molecule has 1 rings (SSSR count). The number of carbonyl (C=O) groups is 1. The molecule has 4 N–H and O–H groups in total. The number of nitrogens with one attached hydrogen (secondary N) is 2. The summed E-state index contributed by atoms with van der Waals surface area (Å²) in [5, 5.41) is 20.4. The number of aliphatic carboxylic acids is 1. The third-order valence-electron chi connectivity index (χ3n) is 2.45. The highest BCUT2D eigenvalue weighted by atomic mass is 16.4. The molecule has 0 bridgehead atoms. The molecule has 1 heterocycles. The summed E-state index contributed by atoms with van der Waals surface area (Å²) >= 11 is 0. The van der Waals surface area contributed by atoms with Crippen molar-refractivity contribution in [3.05, 3.63) is 22.1 Å². The Morgan fingerprint density at radius 2 is 2.28 bits per heavy atom. The summed E-state index contributed by atoms with van der Waals surface area (Å²) in [6.45, 7) is 2.13. The molecule has 18 heavy (non-hydrogen) atoms. The molecule has 1 unspecified atom stereocenters. The Morgan fingerprint density at radius 1 is 1.56 bits per heavy atom. The predicted octanol–water partition coefficient (Wildman–Crippen LogP) is 0.142. The highest BCUT2D eigenvalue weighted by molar-refractivity contribution is 5.74. The smallest absolute Gasteiger partial charge is 0.312 e. The molecule has 7 heteroatoms. The fraction of sp³-hybridized carbons (Fsp3) is 0.545. The Bertz CT molecular complexity index is 458. The largest absolute Gasteiger partial charge is 0.481 e. The van der Waals surface area contributed by atoms with Gasteiger partial charge in [0.1, 0.15) is 0 Å². The second-order valence-corrected chi connectivity index (χ2v) is 3.94. The molecule has 0 aromatic carbocycles. The number of rotatable bonds is 7. The molecule has 0 amide bonds. The van der Waals surface area contributed by atoms with Gasteiger partial charge in [0, 0.05) is 19.2 Å². The second-order valence-electron chi connectivity index (χ2n) is 3.94. The van der Waals surface area contributed by atoms with Gasteiger partial charge in [0.2, 0.25) is 5.95 Å². The monoisotopic (exact) mass is 255 g/mol. The fourth-order valence-corrected chi connectivity index (χ4v) is 1.35. The quantitative estimate of drug-likeness (QED) is 0.515. The number of carboxylic acids is 1. The third kappa shape index (κ3) is 4.17. The van der Waals surface area contributed by atoms with Gasteiger partial charge in [-0.05, 0) is 19.8 Å². The van der Waals surface area contributed by atoms with Crippen molar-refractivity contribution in [2.75, 3.05) is 18.5 Å². The van der Waals surface area contributed by atoms with Crippen LogP contribution >= 0.6 is 0 Å². The van der Waals surface area contributed by atoms with E-state index < -0.39 is 17.4 Å². The van der Waals surface area contributed by atoms with Crippen molar-refractivity contribution in [3.8, 4) is 0 Å². The Kier molecular flexibility index (Phi) is 5.31. The number of anilines is 1. The SMILES string of the molecule is CC(C(=O)O)c1cc(=O)[nH]c(NCCCCO)n1. The summed E-state index contributed by atoms with van der Waals surface area (Å²) in [6, 6.07) is 1.18. The molecular weight excluding hydrogens is 238 g/mol. The van der Waals surface area contributed by atoms with Crippen molar-refractivity contribution in [2.24, 2.45) is 0 Å². The normalized spacial score (nSPS) is 12.1. The molecule has 0 saturated carbocycles. The summed E-state index contributed by atoms with van der Waals surface area (Å²) < 4.78 is 0. The summed E-state index contributed by atoms with van der Waals surface area (Å²) in [5.41, 5.74) is -0.173. The van der Waals surface area contributed by atoms with Crippen LogP contribution in [0.1, 0.15) is 31.4 Å². The number of aliphatic hydroxyl groups excluding tert-OH is 1. The minimum atomic E-state index is -1.03. The summed E-state index contributed by atoms with van der Waals surface area (Å²) in [4.78, 5) is 28.7. The molecule has 0 saturated heterocycles. The van der Waals surface area contributed by atoms with E-state index in [0.717, 1.165) is 6.42 Å². The van der Waals surface area contributed by atoms with Crippen LogP contribution in [0, 0.1) is 0 Å². The van der Waals surface area contributed by atoms with Crippen molar-refractivity contribution in [3.63, 3.8) is 0 Å². The number of hydrogen-bond acceptors (Lipinski definition) is 5. The topological polar surface area (TPSA) is 115 Å². The van der Waals surface area contributed by atoms with Gasteiger partial charge in [0.25, 0.3) is 5.56 Å². The van der Waals surface area contributed by atoms with Crippen molar-refractivity contribution in [1.29, 1.82) is 0 Å². The fourth-order valence-electron chi connectivity index (χ4n) is 1.35. The van der Waals surface area contributed by atoms with Gasteiger partial charge < -0.3 is 15.5 Å². The van der Waals surface area contributed by atoms with E-state index in [-0.39, 0.29) is 18.2 Å². The average Bonchev–Trinajstić information content (AvgIpc) is 2.33. The lowest BCUT2D eigenvalue weighted by molar-refractivity contribution is -0.138. The molecule has 0 spiro atoms. The van der Waals surface area contributed by atoms with Crippen LogP contribution in [0.15, 0.2) is 10.9 Å². The van der Waals surface area contributed by atoms with Crippen molar-refractivity contribution < 1.29 is 15.0 Å². The molecular formula is C11H17N3O4. The molecule has 1 aromatic heterocycles. The van der Waals surface area contributed by atoms with Gasteiger partial charge in [0.05, 0.1) is 11.6 Å². The first-order chi connectivity index (χ1) is 8.54. The molecule has 0 aliphatic carbocycles. The van der Waals surface area contributed by atoms with Crippen LogP contribution in [-0.4, -0.2) is 39.3 Å². The Hall–Kier alpha value is -1.89. The zero-order chi connectivity index (χ0) is 13.5. The molecule has 0 fully saturated rings. The number of nitrogens with zero attached hydrogens (tertiary/aromatic N) is 1. The van der Waals surface area contributed by atoms with Crippen LogP contribution in [0.5, 0.6) is 0 Å². The zero-order valence-electron chi connectivity index (χ0n) is 10.1. The lowest BCUT2D eigenvalue weighted by Gasteiger charge is -2.08. The first-order valence-electron chi connectivity index (χ1n) is 5.73. The number of hydrogen-bond donors (Lipinski definition) is 4. The molecule has 7 nitrogen and oxygen atoms in total. The van der Waals surface area contributed by atoms with Crippen LogP contribution in [0.4, 0.5) is 5.95 Å². The molecule has 0 aliphatic heterocycles. The molecule has 1 aromatic rings. The summed E-state index contributed by atoms with van der Waals surface area (Å²) in [7, 11) is 0. The Labute approximate surface area is 104 Å². The maximum absolute atomic E-state index is 11.4. The van der Waals surface area contributed by atoms with E-state index in [9.17, 15) is 9.59 Å². The Morgan fingerprint density at radius 3 is 2.89 bits per heavy atom. The van der Waals surface area contributed by atoms with Crippen molar-refractivity contribution in [1.82, 2.24) is 9.97 Å². The second kappa shape index (κ2) is 6.75. The number of H-pyrrole nitrogens is 1. The van der Waals surface area contributed by atoms with Gasteiger partial charge >= 0.3 is 5.97 Å². The summed E-state index contributed by atoms with van der Waals surface area (Å²) in [5.74, 6) is -1.60. The van der Waals surface area contributed by atoms with E-state index in [2.05, 4.69) is 15.3 Å².